The smallest absolute Gasteiger partial charge is 0.223 e. The van der Waals surface area contributed by atoms with Crippen molar-refractivity contribution in [3.63, 3.8) is 0 Å². The van der Waals surface area contributed by atoms with Gasteiger partial charge in [-0.3, -0.25) is 4.79 Å². The normalized spacial score (nSPS) is 22.2. The lowest BCUT2D eigenvalue weighted by molar-refractivity contribution is -0.139. The third-order valence-corrected chi connectivity index (χ3v) is 8.58. The van der Waals surface area contributed by atoms with E-state index in [1.54, 1.807) is 19.1 Å². The van der Waals surface area contributed by atoms with Crippen LogP contribution in [0.15, 0.2) is 12.1 Å². The van der Waals surface area contributed by atoms with Gasteiger partial charge in [-0.25, -0.2) is 13.2 Å². The third-order valence-electron chi connectivity index (χ3n) is 8.58. The van der Waals surface area contributed by atoms with E-state index in [2.05, 4.69) is 5.32 Å². The number of hydrogen-bond donors (Lipinski definition) is 3. The maximum Gasteiger partial charge on any atom is 0.223 e. The summed E-state index contributed by atoms with van der Waals surface area (Å²) >= 11 is 0. The monoisotopic (exact) mass is 542 g/mol. The summed E-state index contributed by atoms with van der Waals surface area (Å²) in [5, 5.41) is 26.1. The number of methoxy groups -OCH3 is 1. The van der Waals surface area contributed by atoms with Crippen molar-refractivity contribution in [2.45, 2.75) is 82.3 Å². The Morgan fingerprint density at radius 2 is 1.89 bits per heavy atom. The number of piperidine rings is 1. The molecule has 1 aliphatic carbocycles. The van der Waals surface area contributed by atoms with Crippen LogP contribution in [0.25, 0.3) is 0 Å². The highest BCUT2D eigenvalue weighted by Gasteiger charge is 2.44. The number of carbonyl (C=O) groups is 1. The molecular weight excluding hydrogens is 497 g/mol. The van der Waals surface area contributed by atoms with E-state index in [0.717, 1.165) is 31.7 Å². The van der Waals surface area contributed by atoms with Crippen molar-refractivity contribution in [2.24, 2.45) is 17.8 Å². The van der Waals surface area contributed by atoms with E-state index in [-0.39, 0.29) is 37.1 Å². The second-order valence-electron chi connectivity index (χ2n) is 11.2. The van der Waals surface area contributed by atoms with Crippen LogP contribution in [-0.4, -0.2) is 67.5 Å². The average Bonchev–Trinajstić information content (AvgIpc) is 2.92. The van der Waals surface area contributed by atoms with Crippen LogP contribution in [0.5, 0.6) is 0 Å². The lowest BCUT2D eigenvalue weighted by Crippen LogP contribution is -2.49. The number of carbonyl (C=O) groups excluding carboxylic acids is 1. The first-order valence-corrected chi connectivity index (χ1v) is 14.2. The Kier molecular flexibility index (Phi) is 11.9. The summed E-state index contributed by atoms with van der Waals surface area (Å²) in [7, 11) is 3.36. The van der Waals surface area contributed by atoms with Gasteiger partial charge in [0.25, 0.3) is 0 Å². The molecule has 0 radical (unpaired) electrons. The third kappa shape index (κ3) is 7.71. The first-order valence-electron chi connectivity index (χ1n) is 14.2. The predicted molar refractivity (Wildman–Crippen MR) is 140 cm³/mol. The molecule has 1 saturated heterocycles. The van der Waals surface area contributed by atoms with Gasteiger partial charge in [-0.15, -0.1) is 0 Å². The minimum absolute atomic E-state index is 0.0889. The van der Waals surface area contributed by atoms with E-state index < -0.39 is 40.6 Å². The van der Waals surface area contributed by atoms with E-state index in [1.165, 1.54) is 6.42 Å². The van der Waals surface area contributed by atoms with Crippen molar-refractivity contribution in [3.8, 4) is 0 Å². The fourth-order valence-corrected chi connectivity index (χ4v) is 6.45. The molecule has 2 fully saturated rings. The van der Waals surface area contributed by atoms with Gasteiger partial charge in [-0.05, 0) is 64.0 Å². The van der Waals surface area contributed by atoms with E-state index in [0.29, 0.717) is 51.4 Å². The van der Waals surface area contributed by atoms with Crippen LogP contribution in [0.2, 0.25) is 0 Å². The SMILES string of the molecule is CNC[C@@H](CC(=O)N1CCC[C@@H]([C@@](O)(CCCCOC)c2cc(F)cc(F)c2F)C1)[C@@H](O)C1CCCCC1. The lowest BCUT2D eigenvalue weighted by Gasteiger charge is -2.43. The van der Waals surface area contributed by atoms with Crippen LogP contribution in [0, 0.1) is 35.2 Å². The lowest BCUT2D eigenvalue weighted by atomic mass is 9.73. The highest BCUT2D eigenvalue weighted by atomic mass is 19.2. The minimum Gasteiger partial charge on any atom is -0.392 e. The number of nitrogens with one attached hydrogen (secondary N) is 1. The highest BCUT2D eigenvalue weighted by molar-refractivity contribution is 5.76. The second-order valence-corrected chi connectivity index (χ2v) is 11.2. The molecule has 0 unspecified atom stereocenters. The molecule has 1 aromatic carbocycles. The van der Waals surface area contributed by atoms with Crippen molar-refractivity contribution < 1.29 is 32.9 Å². The number of nitrogens with zero attached hydrogens (tertiary/aromatic N) is 1. The number of likely N-dealkylation sites (tertiary alicyclic amines) is 1. The molecule has 1 saturated carbocycles. The summed E-state index contributed by atoms with van der Waals surface area (Å²) in [4.78, 5) is 15.1. The molecule has 1 heterocycles. The van der Waals surface area contributed by atoms with E-state index in [1.807, 2.05) is 0 Å². The van der Waals surface area contributed by atoms with Gasteiger partial charge >= 0.3 is 0 Å². The molecule has 6 nitrogen and oxygen atoms in total. The van der Waals surface area contributed by atoms with Gasteiger partial charge in [0.1, 0.15) is 5.82 Å². The van der Waals surface area contributed by atoms with E-state index in [9.17, 15) is 28.2 Å². The summed E-state index contributed by atoms with van der Waals surface area (Å²) in [5.41, 5.74) is -2.24. The molecule has 1 amide bonds. The van der Waals surface area contributed by atoms with Gasteiger partial charge < -0.3 is 25.2 Å². The molecule has 38 heavy (non-hydrogen) atoms. The van der Waals surface area contributed by atoms with Gasteiger partial charge in [-0.1, -0.05) is 19.3 Å². The fourth-order valence-electron chi connectivity index (χ4n) is 6.45. The molecule has 9 heteroatoms. The van der Waals surface area contributed by atoms with Crippen molar-refractivity contribution in [1.82, 2.24) is 10.2 Å². The molecule has 3 N–H and O–H groups in total. The summed E-state index contributed by atoms with van der Waals surface area (Å²) in [5.74, 6) is -4.32. The van der Waals surface area contributed by atoms with Gasteiger partial charge in [-0.2, -0.15) is 0 Å². The number of amides is 1. The van der Waals surface area contributed by atoms with E-state index >= 15 is 0 Å². The number of aliphatic hydroxyl groups excluding tert-OH is 1. The Hall–Kier alpha value is -1.68. The largest absolute Gasteiger partial charge is 0.392 e. The molecule has 0 bridgehead atoms. The Bertz CT molecular complexity index is 899. The van der Waals surface area contributed by atoms with Gasteiger partial charge in [0.15, 0.2) is 11.6 Å². The summed E-state index contributed by atoms with van der Waals surface area (Å²) in [6.45, 7) is 1.60. The zero-order valence-corrected chi connectivity index (χ0v) is 22.9. The molecule has 0 spiro atoms. The molecule has 2 aliphatic rings. The molecule has 3 rings (SSSR count). The highest BCUT2D eigenvalue weighted by Crippen LogP contribution is 2.42. The first kappa shape index (κ1) is 30.9. The van der Waals surface area contributed by atoms with Crippen molar-refractivity contribution in [2.75, 3.05) is 40.4 Å². The summed E-state index contributed by atoms with van der Waals surface area (Å²) < 4.78 is 48.4. The number of ether oxygens (including phenoxy) is 1. The van der Waals surface area contributed by atoms with Gasteiger partial charge in [0.2, 0.25) is 5.91 Å². The molecular formula is C29H45F3N2O4. The average molecular weight is 543 g/mol. The number of rotatable bonds is 13. The summed E-state index contributed by atoms with van der Waals surface area (Å²) in [6.07, 6.45) is 7.11. The maximum absolute atomic E-state index is 14.9. The van der Waals surface area contributed by atoms with Crippen molar-refractivity contribution >= 4 is 5.91 Å². The standard InChI is InChI=1S/C29H45F3N2O4/c1-33-18-21(28(36)20-9-4-3-5-10-20)15-26(35)34-13-8-11-22(19-34)29(37,12-6-7-14-38-2)24-16-23(30)17-25(31)27(24)32/h16-17,20-22,28,33,36-37H,3-15,18-19H2,1-2H3/t21-,22-,28+,29+/m1/s1. The van der Waals surface area contributed by atoms with Crippen LogP contribution in [0.3, 0.4) is 0 Å². The van der Waals surface area contributed by atoms with E-state index in [4.69, 9.17) is 4.74 Å². The zero-order valence-electron chi connectivity index (χ0n) is 22.9. The van der Waals surface area contributed by atoms with Gasteiger partial charge in [0.05, 0.1) is 11.7 Å². The predicted octanol–water partition coefficient (Wildman–Crippen LogP) is 4.51. The van der Waals surface area contributed by atoms with Crippen LogP contribution in [-0.2, 0) is 15.1 Å². The topological polar surface area (TPSA) is 82.0 Å². The van der Waals surface area contributed by atoms with Crippen LogP contribution in [0.4, 0.5) is 13.2 Å². The van der Waals surface area contributed by atoms with Crippen LogP contribution in [0.1, 0.15) is 76.2 Å². The molecule has 0 aromatic heterocycles. The molecule has 4 atom stereocenters. The molecule has 1 aliphatic heterocycles. The second kappa shape index (κ2) is 14.6. The molecule has 1 aromatic rings. The zero-order chi connectivity index (χ0) is 27.7. The van der Waals surface area contributed by atoms with Crippen LogP contribution < -0.4 is 5.32 Å². The van der Waals surface area contributed by atoms with Gasteiger partial charge in [0, 0.05) is 63.2 Å². The summed E-state index contributed by atoms with van der Waals surface area (Å²) in [6, 6.07) is 1.35. The Balaban J connectivity index is 1.78. The number of unbranched alkanes of at least 4 members (excludes halogenated alkanes) is 1. The number of halogens is 3. The number of benzene rings is 1. The Labute approximate surface area is 224 Å². The first-order chi connectivity index (χ1) is 18.2. The number of aliphatic hydroxyl groups is 2. The minimum atomic E-state index is -1.84. The quantitative estimate of drug-likeness (QED) is 0.252. The Morgan fingerprint density at radius 1 is 1.16 bits per heavy atom. The van der Waals surface area contributed by atoms with Crippen molar-refractivity contribution in [1.29, 1.82) is 0 Å². The van der Waals surface area contributed by atoms with Crippen LogP contribution >= 0.6 is 0 Å². The number of hydrogen-bond acceptors (Lipinski definition) is 5. The fraction of sp³-hybridized carbons (Fsp3) is 0.759. The molecule has 216 valence electrons. The Morgan fingerprint density at radius 3 is 2.58 bits per heavy atom. The van der Waals surface area contributed by atoms with Crippen molar-refractivity contribution in [3.05, 3.63) is 35.1 Å². The maximum atomic E-state index is 14.9.